The second kappa shape index (κ2) is 5.45. The van der Waals surface area contributed by atoms with E-state index < -0.39 is 9.84 Å². The topological polar surface area (TPSA) is 88.6 Å². The fourth-order valence-corrected chi connectivity index (χ4v) is 3.08. The van der Waals surface area contributed by atoms with Crippen LogP contribution in [0.3, 0.4) is 0 Å². The molecule has 0 aliphatic carbocycles. The first kappa shape index (κ1) is 13.4. The van der Waals surface area contributed by atoms with Crippen LogP contribution in [0.15, 0.2) is 59.8 Å². The molecular weight excluding hydrogens is 288 g/mol. The maximum atomic E-state index is 12.2. The van der Waals surface area contributed by atoms with Crippen molar-refractivity contribution in [3.8, 4) is 11.4 Å². The molecule has 0 radical (unpaired) electrons. The van der Waals surface area contributed by atoms with Crippen LogP contribution in [0.5, 0.6) is 0 Å². The molecule has 0 saturated carbocycles. The summed E-state index contributed by atoms with van der Waals surface area (Å²) in [5.74, 6) is 0.493. The minimum atomic E-state index is -3.44. The quantitative estimate of drug-likeness (QED) is 0.794. The molecule has 0 amide bonds. The van der Waals surface area contributed by atoms with Crippen molar-refractivity contribution in [2.75, 3.05) is 0 Å². The lowest BCUT2D eigenvalue weighted by atomic mass is 10.3. The van der Waals surface area contributed by atoms with Crippen LogP contribution < -0.4 is 0 Å². The van der Waals surface area contributed by atoms with Crippen molar-refractivity contribution in [3.05, 3.63) is 60.7 Å². The first-order valence-corrected chi connectivity index (χ1v) is 7.90. The van der Waals surface area contributed by atoms with Gasteiger partial charge in [-0.3, -0.25) is 10.1 Å². The summed E-state index contributed by atoms with van der Waals surface area (Å²) >= 11 is 0. The van der Waals surface area contributed by atoms with E-state index in [1.54, 1.807) is 48.8 Å². The highest BCUT2D eigenvalue weighted by Gasteiger charge is 2.18. The van der Waals surface area contributed by atoms with E-state index in [2.05, 4.69) is 20.2 Å². The Morgan fingerprint density at radius 3 is 2.57 bits per heavy atom. The van der Waals surface area contributed by atoms with Gasteiger partial charge in [-0.15, -0.1) is 0 Å². The van der Waals surface area contributed by atoms with Gasteiger partial charge in [-0.05, 0) is 24.3 Å². The molecule has 3 rings (SSSR count). The number of hydrogen-bond acceptors (Lipinski definition) is 5. The SMILES string of the molecule is O=S(=O)(Cc1n[nH]c(-c2cccnc2)n1)c1ccccc1. The molecule has 21 heavy (non-hydrogen) atoms. The lowest BCUT2D eigenvalue weighted by Gasteiger charge is -2.00. The van der Waals surface area contributed by atoms with Gasteiger partial charge in [0.1, 0.15) is 5.75 Å². The van der Waals surface area contributed by atoms with Crippen molar-refractivity contribution in [2.45, 2.75) is 10.6 Å². The Morgan fingerprint density at radius 2 is 1.86 bits per heavy atom. The molecule has 1 N–H and O–H groups in total. The van der Waals surface area contributed by atoms with Gasteiger partial charge >= 0.3 is 0 Å². The number of hydrogen-bond donors (Lipinski definition) is 1. The zero-order valence-electron chi connectivity index (χ0n) is 11.0. The van der Waals surface area contributed by atoms with E-state index in [-0.39, 0.29) is 16.5 Å². The van der Waals surface area contributed by atoms with Gasteiger partial charge < -0.3 is 0 Å². The van der Waals surface area contributed by atoms with Crippen molar-refractivity contribution in [1.29, 1.82) is 0 Å². The highest BCUT2D eigenvalue weighted by atomic mass is 32.2. The monoisotopic (exact) mass is 300 g/mol. The number of aromatic nitrogens is 4. The predicted octanol–water partition coefficient (Wildman–Crippen LogP) is 1.84. The first-order chi connectivity index (χ1) is 10.1. The Balaban J connectivity index is 1.85. The third kappa shape index (κ3) is 2.97. The zero-order chi connectivity index (χ0) is 14.7. The molecule has 0 spiro atoms. The lowest BCUT2D eigenvalue weighted by molar-refractivity contribution is 0.594. The molecule has 2 aromatic heterocycles. The molecule has 106 valence electrons. The Hall–Kier alpha value is -2.54. The molecule has 0 atom stereocenters. The van der Waals surface area contributed by atoms with Crippen LogP contribution in [0, 0.1) is 0 Å². The van der Waals surface area contributed by atoms with Crippen LogP contribution in [0.2, 0.25) is 0 Å². The summed E-state index contributed by atoms with van der Waals surface area (Å²) in [6.45, 7) is 0. The standard InChI is InChI=1S/C14H12N4O2S/c19-21(20,12-6-2-1-3-7-12)10-13-16-14(18-17-13)11-5-4-8-15-9-11/h1-9H,10H2,(H,16,17,18). The van der Waals surface area contributed by atoms with Gasteiger partial charge in [-0.25, -0.2) is 13.4 Å². The van der Waals surface area contributed by atoms with Crippen LogP contribution >= 0.6 is 0 Å². The van der Waals surface area contributed by atoms with Crippen LogP contribution in [0.1, 0.15) is 5.82 Å². The Bertz CT molecular complexity index is 830. The van der Waals surface area contributed by atoms with E-state index >= 15 is 0 Å². The highest BCUT2D eigenvalue weighted by Crippen LogP contribution is 2.16. The normalized spacial score (nSPS) is 11.4. The van der Waals surface area contributed by atoms with E-state index in [4.69, 9.17) is 0 Å². The van der Waals surface area contributed by atoms with E-state index in [0.29, 0.717) is 5.82 Å². The van der Waals surface area contributed by atoms with E-state index in [0.717, 1.165) is 5.56 Å². The third-order valence-electron chi connectivity index (χ3n) is 2.89. The number of rotatable bonds is 4. The summed E-state index contributed by atoms with van der Waals surface area (Å²) in [6, 6.07) is 11.9. The van der Waals surface area contributed by atoms with Gasteiger partial charge in [0.15, 0.2) is 21.5 Å². The summed E-state index contributed by atoms with van der Waals surface area (Å²) in [5, 5.41) is 6.69. The van der Waals surface area contributed by atoms with Gasteiger partial charge in [-0.2, -0.15) is 5.10 Å². The summed E-state index contributed by atoms with van der Waals surface area (Å²) in [6.07, 6.45) is 3.29. The van der Waals surface area contributed by atoms with E-state index in [1.807, 2.05) is 6.07 Å². The molecule has 6 nitrogen and oxygen atoms in total. The molecule has 0 aliphatic heterocycles. The van der Waals surface area contributed by atoms with Crippen LogP contribution in [-0.2, 0) is 15.6 Å². The van der Waals surface area contributed by atoms with Gasteiger partial charge in [-0.1, -0.05) is 18.2 Å². The summed E-state index contributed by atoms with van der Waals surface area (Å²) in [5.41, 5.74) is 0.758. The number of benzene rings is 1. The minimum absolute atomic E-state index is 0.234. The molecule has 2 heterocycles. The Kier molecular flexibility index (Phi) is 3.49. The third-order valence-corrected chi connectivity index (χ3v) is 4.52. The molecule has 0 fully saturated rings. The first-order valence-electron chi connectivity index (χ1n) is 6.25. The van der Waals surface area contributed by atoms with Crippen LogP contribution in [0.4, 0.5) is 0 Å². The average Bonchev–Trinajstić information content (AvgIpc) is 2.97. The van der Waals surface area contributed by atoms with Gasteiger partial charge in [0, 0.05) is 18.0 Å². The predicted molar refractivity (Wildman–Crippen MR) is 76.9 cm³/mol. The number of nitrogens with one attached hydrogen (secondary N) is 1. The van der Waals surface area contributed by atoms with E-state index in [9.17, 15) is 8.42 Å². The Morgan fingerprint density at radius 1 is 1.05 bits per heavy atom. The number of nitrogens with zero attached hydrogens (tertiary/aromatic N) is 3. The van der Waals surface area contributed by atoms with Gasteiger partial charge in [0.25, 0.3) is 0 Å². The van der Waals surface area contributed by atoms with E-state index in [1.165, 1.54) is 0 Å². The fourth-order valence-electron chi connectivity index (χ4n) is 1.87. The number of pyridine rings is 1. The maximum absolute atomic E-state index is 12.2. The highest BCUT2D eigenvalue weighted by molar-refractivity contribution is 7.90. The van der Waals surface area contributed by atoms with Gasteiger partial charge in [0.2, 0.25) is 0 Å². The molecular formula is C14H12N4O2S. The zero-order valence-corrected chi connectivity index (χ0v) is 11.8. The van der Waals surface area contributed by atoms with Crippen molar-refractivity contribution >= 4 is 9.84 Å². The average molecular weight is 300 g/mol. The molecule has 0 aliphatic rings. The number of aromatic amines is 1. The van der Waals surface area contributed by atoms with Crippen LogP contribution in [0.25, 0.3) is 11.4 Å². The van der Waals surface area contributed by atoms with Crippen molar-refractivity contribution in [3.63, 3.8) is 0 Å². The summed E-state index contributed by atoms with van der Waals surface area (Å²) < 4.78 is 24.5. The van der Waals surface area contributed by atoms with Crippen molar-refractivity contribution in [2.24, 2.45) is 0 Å². The van der Waals surface area contributed by atoms with Gasteiger partial charge in [0.05, 0.1) is 4.90 Å². The number of H-pyrrole nitrogens is 1. The largest absolute Gasteiger partial charge is 0.264 e. The Labute approximate surface area is 121 Å². The second-order valence-corrected chi connectivity index (χ2v) is 6.40. The molecule has 0 saturated heterocycles. The molecule has 7 heteroatoms. The molecule has 0 bridgehead atoms. The van der Waals surface area contributed by atoms with Crippen molar-refractivity contribution in [1.82, 2.24) is 20.2 Å². The fraction of sp³-hybridized carbons (Fsp3) is 0.0714. The lowest BCUT2D eigenvalue weighted by Crippen LogP contribution is -2.06. The smallest absolute Gasteiger partial charge is 0.185 e. The maximum Gasteiger partial charge on any atom is 0.185 e. The van der Waals surface area contributed by atoms with Crippen LogP contribution in [-0.4, -0.2) is 28.6 Å². The number of sulfone groups is 1. The summed E-state index contributed by atoms with van der Waals surface area (Å²) in [4.78, 5) is 8.45. The summed E-state index contributed by atoms with van der Waals surface area (Å²) in [7, 11) is -3.44. The second-order valence-electron chi connectivity index (χ2n) is 4.41. The minimum Gasteiger partial charge on any atom is -0.264 e. The molecule has 1 aromatic carbocycles. The molecule has 3 aromatic rings. The molecule has 0 unspecified atom stereocenters. The van der Waals surface area contributed by atoms with Crippen molar-refractivity contribution < 1.29 is 8.42 Å².